The summed E-state index contributed by atoms with van der Waals surface area (Å²) in [4.78, 5) is 23.7. The molecular formula is C22H17F2N3O6S. The van der Waals surface area contributed by atoms with E-state index in [0.717, 1.165) is 0 Å². The van der Waals surface area contributed by atoms with Crippen molar-refractivity contribution in [3.8, 4) is 17.2 Å². The molecule has 1 amide bonds. The zero-order chi connectivity index (χ0) is 24.1. The van der Waals surface area contributed by atoms with Gasteiger partial charge in [-0.15, -0.1) is 10.2 Å². The van der Waals surface area contributed by atoms with Crippen LogP contribution in [0.15, 0.2) is 67.4 Å². The van der Waals surface area contributed by atoms with E-state index < -0.39 is 18.3 Å². The average molecular weight is 489 g/mol. The Hall–Kier alpha value is -3.93. The van der Waals surface area contributed by atoms with Crippen molar-refractivity contribution in [1.29, 1.82) is 0 Å². The summed E-state index contributed by atoms with van der Waals surface area (Å²) in [5.41, 5.74) is 1.38. The lowest BCUT2D eigenvalue weighted by Gasteiger charge is -2.08. The number of anilines is 1. The zero-order valence-electron chi connectivity index (χ0n) is 17.6. The molecule has 0 radical (unpaired) electrons. The van der Waals surface area contributed by atoms with Gasteiger partial charge in [0, 0.05) is 34.5 Å². The smallest absolute Gasteiger partial charge is 0.411 e. The predicted molar refractivity (Wildman–Crippen MR) is 119 cm³/mol. The fraction of sp³-hybridized carbons (Fsp3) is 0.182. The number of hydrogen-bond donors (Lipinski definition) is 1. The molecule has 0 fully saturated rings. The van der Waals surface area contributed by atoms with E-state index in [9.17, 15) is 18.4 Å². The van der Waals surface area contributed by atoms with Crippen LogP contribution in [0, 0.1) is 0 Å². The van der Waals surface area contributed by atoms with E-state index in [0.29, 0.717) is 33.5 Å². The summed E-state index contributed by atoms with van der Waals surface area (Å²) in [5, 5.41) is 11.4. The molecule has 0 spiro atoms. The van der Waals surface area contributed by atoms with E-state index in [1.807, 2.05) is 0 Å². The molecule has 176 valence electrons. The van der Waals surface area contributed by atoms with E-state index in [1.165, 1.54) is 48.2 Å². The number of nitrogens with zero attached hydrogens (tertiary/aromatic N) is 2. The maximum Gasteiger partial charge on any atom is 0.411 e. The lowest BCUT2D eigenvalue weighted by Crippen LogP contribution is -2.13. The Morgan fingerprint density at radius 2 is 1.91 bits per heavy atom. The fourth-order valence-electron chi connectivity index (χ4n) is 3.02. The number of ether oxygens (including phenoxy) is 2. The van der Waals surface area contributed by atoms with Gasteiger partial charge in [-0.1, -0.05) is 11.8 Å². The molecule has 0 saturated carbocycles. The molecule has 2 aromatic carbocycles. The Morgan fingerprint density at radius 3 is 2.65 bits per heavy atom. The number of carbonyl (C=O) groups is 1. The molecule has 0 aliphatic rings. The van der Waals surface area contributed by atoms with Crippen molar-refractivity contribution in [3.05, 3.63) is 64.5 Å². The van der Waals surface area contributed by atoms with E-state index in [1.54, 1.807) is 19.1 Å². The number of nitrogens with one attached hydrogen (secondary N) is 1. The second kappa shape index (κ2) is 10.3. The van der Waals surface area contributed by atoms with Gasteiger partial charge in [0.15, 0.2) is 0 Å². The number of benzene rings is 2. The largest absolute Gasteiger partial charge is 0.450 e. The van der Waals surface area contributed by atoms with E-state index in [4.69, 9.17) is 13.6 Å². The molecule has 2 heterocycles. The average Bonchev–Trinajstić information content (AvgIpc) is 3.26. The Balaban J connectivity index is 1.48. The van der Waals surface area contributed by atoms with E-state index in [-0.39, 0.29) is 23.5 Å². The van der Waals surface area contributed by atoms with Crippen molar-refractivity contribution < 1.29 is 31.9 Å². The molecule has 12 heteroatoms. The molecular weight excluding hydrogens is 472 g/mol. The van der Waals surface area contributed by atoms with Gasteiger partial charge in [0.2, 0.25) is 5.89 Å². The zero-order valence-corrected chi connectivity index (χ0v) is 18.4. The van der Waals surface area contributed by atoms with Gasteiger partial charge >= 0.3 is 18.3 Å². The molecule has 0 aliphatic heterocycles. The maximum absolute atomic E-state index is 12.3. The highest BCUT2D eigenvalue weighted by molar-refractivity contribution is 7.98. The lowest BCUT2D eigenvalue weighted by atomic mass is 10.1. The Bertz CT molecular complexity index is 1360. The van der Waals surface area contributed by atoms with Crippen LogP contribution < -0.4 is 15.7 Å². The van der Waals surface area contributed by atoms with Crippen molar-refractivity contribution in [2.45, 2.75) is 24.5 Å². The van der Waals surface area contributed by atoms with Crippen molar-refractivity contribution in [2.75, 3.05) is 11.9 Å². The number of hydrogen-bond acceptors (Lipinski definition) is 9. The number of alkyl halides is 2. The van der Waals surface area contributed by atoms with E-state index >= 15 is 0 Å². The SMILES string of the molecule is CCOC(=O)Nc1ccc2c(CSc3nnc(-c4ccc(OC(F)F)cc4)o3)cc(=O)oc2c1. The minimum Gasteiger partial charge on any atom is -0.450 e. The van der Waals surface area contributed by atoms with Gasteiger partial charge in [-0.25, -0.2) is 9.59 Å². The molecule has 0 aliphatic carbocycles. The summed E-state index contributed by atoms with van der Waals surface area (Å²) < 4.78 is 44.6. The lowest BCUT2D eigenvalue weighted by molar-refractivity contribution is -0.0498. The van der Waals surface area contributed by atoms with Crippen LogP contribution in [-0.2, 0) is 10.5 Å². The van der Waals surface area contributed by atoms with Crippen molar-refractivity contribution in [1.82, 2.24) is 10.2 Å². The van der Waals surface area contributed by atoms with Gasteiger partial charge in [0.25, 0.3) is 5.22 Å². The van der Waals surface area contributed by atoms with Crippen molar-refractivity contribution in [2.24, 2.45) is 0 Å². The minimum absolute atomic E-state index is 0.0169. The number of amides is 1. The van der Waals surface area contributed by atoms with Gasteiger partial charge < -0.3 is 18.3 Å². The topological polar surface area (TPSA) is 117 Å². The molecule has 0 unspecified atom stereocenters. The van der Waals surface area contributed by atoms with Gasteiger partial charge in [0.05, 0.1) is 6.61 Å². The standard InChI is InChI=1S/C22H17F2N3O6S/c1-2-30-21(29)25-14-5-8-16-13(9-18(28)32-17(16)10-14)11-34-22-27-26-19(33-22)12-3-6-15(7-4-12)31-20(23)24/h3-10,20H,2,11H2,1H3,(H,25,29). The number of rotatable bonds is 8. The van der Waals surface area contributed by atoms with Crippen LogP contribution in [0.3, 0.4) is 0 Å². The second-order valence-corrected chi connectivity index (χ2v) is 7.64. The summed E-state index contributed by atoms with van der Waals surface area (Å²) >= 11 is 1.21. The molecule has 9 nitrogen and oxygen atoms in total. The van der Waals surface area contributed by atoms with Crippen LogP contribution in [0.1, 0.15) is 12.5 Å². The number of carbonyl (C=O) groups excluding carboxylic acids is 1. The first-order valence-electron chi connectivity index (χ1n) is 9.93. The quantitative estimate of drug-likeness (QED) is 0.260. The number of thioether (sulfide) groups is 1. The van der Waals surface area contributed by atoms with Gasteiger partial charge in [-0.05, 0) is 48.9 Å². The first-order chi connectivity index (χ1) is 16.4. The number of halogens is 2. The summed E-state index contributed by atoms with van der Waals surface area (Å²) in [6.07, 6.45) is -0.612. The minimum atomic E-state index is -2.91. The van der Waals surface area contributed by atoms with Crippen molar-refractivity contribution in [3.63, 3.8) is 0 Å². The molecule has 4 aromatic rings. The summed E-state index contributed by atoms with van der Waals surface area (Å²) in [6.45, 7) is -0.989. The number of fused-ring (bicyclic) bond motifs is 1. The van der Waals surface area contributed by atoms with Crippen molar-refractivity contribution >= 4 is 34.5 Å². The van der Waals surface area contributed by atoms with Crippen LogP contribution in [0.5, 0.6) is 5.75 Å². The van der Waals surface area contributed by atoms with Crippen LogP contribution in [0.2, 0.25) is 0 Å². The summed E-state index contributed by atoms with van der Waals surface area (Å²) in [5.74, 6) is 0.553. The fourth-order valence-corrected chi connectivity index (χ4v) is 3.77. The van der Waals surface area contributed by atoms with E-state index in [2.05, 4.69) is 20.3 Å². The summed E-state index contributed by atoms with van der Waals surface area (Å²) in [7, 11) is 0. The Kier molecular flexibility index (Phi) is 7.07. The monoisotopic (exact) mass is 489 g/mol. The van der Waals surface area contributed by atoms with Gasteiger partial charge in [0.1, 0.15) is 11.3 Å². The van der Waals surface area contributed by atoms with Crippen LogP contribution in [0.25, 0.3) is 22.4 Å². The normalized spacial score (nSPS) is 11.1. The maximum atomic E-state index is 12.3. The summed E-state index contributed by atoms with van der Waals surface area (Å²) in [6, 6.07) is 12.1. The highest BCUT2D eigenvalue weighted by atomic mass is 32.2. The second-order valence-electron chi connectivity index (χ2n) is 6.71. The Labute approximate surface area is 195 Å². The molecule has 2 aromatic heterocycles. The van der Waals surface area contributed by atoms with Gasteiger partial charge in [-0.3, -0.25) is 5.32 Å². The third kappa shape index (κ3) is 5.70. The molecule has 0 atom stereocenters. The third-order valence-corrected chi connectivity index (χ3v) is 5.30. The molecule has 34 heavy (non-hydrogen) atoms. The number of aromatic nitrogens is 2. The van der Waals surface area contributed by atoms with Gasteiger partial charge in [-0.2, -0.15) is 8.78 Å². The first kappa shape index (κ1) is 23.2. The van der Waals surface area contributed by atoms with Crippen LogP contribution in [0.4, 0.5) is 19.3 Å². The first-order valence-corrected chi connectivity index (χ1v) is 10.9. The predicted octanol–water partition coefficient (Wildman–Crippen LogP) is 5.31. The molecule has 0 saturated heterocycles. The van der Waals surface area contributed by atoms with Crippen LogP contribution >= 0.6 is 11.8 Å². The Morgan fingerprint density at radius 1 is 1.12 bits per heavy atom. The third-order valence-electron chi connectivity index (χ3n) is 4.44. The molecule has 0 bridgehead atoms. The highest BCUT2D eigenvalue weighted by Gasteiger charge is 2.13. The highest BCUT2D eigenvalue weighted by Crippen LogP contribution is 2.30. The van der Waals surface area contributed by atoms with Crippen LogP contribution in [-0.4, -0.2) is 29.5 Å². The molecule has 4 rings (SSSR count). The molecule has 1 N–H and O–H groups in total.